The maximum Gasteiger partial charge on any atom is 0.490 e. The summed E-state index contributed by atoms with van der Waals surface area (Å²) in [6.07, 6.45) is -5.08. The van der Waals surface area contributed by atoms with Crippen molar-refractivity contribution < 1.29 is 28.2 Å². The quantitative estimate of drug-likeness (QED) is 0.493. The third-order valence-corrected chi connectivity index (χ3v) is 4.01. The maximum atomic E-state index is 10.6. The molecule has 30 heavy (non-hydrogen) atoms. The van der Waals surface area contributed by atoms with Gasteiger partial charge in [0.1, 0.15) is 22.7 Å². The molecule has 164 valence electrons. The fraction of sp³-hybridized carbons (Fsp3) is 0.421. The first-order valence-corrected chi connectivity index (χ1v) is 9.11. The number of carboxylic acids is 1. The van der Waals surface area contributed by atoms with Crippen molar-refractivity contribution in [3.05, 3.63) is 30.1 Å². The topological polar surface area (TPSA) is 126 Å². The molecule has 0 amide bonds. The number of nitrogens with one attached hydrogen (secondary N) is 1. The lowest BCUT2D eigenvalue weighted by Gasteiger charge is -2.20. The van der Waals surface area contributed by atoms with Crippen molar-refractivity contribution in [1.29, 1.82) is 0 Å². The van der Waals surface area contributed by atoms with Crippen molar-refractivity contribution in [2.45, 2.75) is 45.6 Å². The lowest BCUT2D eigenvalue weighted by Crippen LogP contribution is -2.28. The third-order valence-electron chi connectivity index (χ3n) is 4.01. The minimum absolute atomic E-state index is 0.411. The van der Waals surface area contributed by atoms with E-state index in [-0.39, 0.29) is 0 Å². The number of para-hydroxylation sites is 1. The molecule has 0 bridgehead atoms. The third kappa shape index (κ3) is 5.57. The Morgan fingerprint density at radius 3 is 2.37 bits per heavy atom. The van der Waals surface area contributed by atoms with E-state index in [0.717, 1.165) is 34.3 Å². The highest BCUT2D eigenvalue weighted by molar-refractivity contribution is 6.06. The number of fused-ring (bicyclic) bond motifs is 3. The highest BCUT2D eigenvalue weighted by Crippen LogP contribution is 2.29. The van der Waals surface area contributed by atoms with Crippen LogP contribution >= 0.6 is 0 Å². The molecular weight excluding hydrogens is 403 g/mol. The Hall–Kier alpha value is -2.92. The van der Waals surface area contributed by atoms with Gasteiger partial charge in [-0.25, -0.2) is 14.8 Å². The smallest absolute Gasteiger partial charge is 0.475 e. The van der Waals surface area contributed by atoms with Crippen LogP contribution in [0.4, 0.5) is 19.0 Å². The Morgan fingerprint density at radius 1 is 1.23 bits per heavy atom. The van der Waals surface area contributed by atoms with Crippen LogP contribution in [0.25, 0.3) is 21.9 Å². The minimum Gasteiger partial charge on any atom is -0.475 e. The van der Waals surface area contributed by atoms with Gasteiger partial charge in [-0.15, -0.1) is 0 Å². The van der Waals surface area contributed by atoms with Crippen molar-refractivity contribution in [2.75, 3.05) is 12.3 Å². The Balaban J connectivity index is 0.000000396. The van der Waals surface area contributed by atoms with Crippen LogP contribution in [0.3, 0.4) is 0 Å². The molecule has 0 radical (unpaired) electrons. The van der Waals surface area contributed by atoms with Crippen molar-refractivity contribution in [3.8, 4) is 0 Å². The van der Waals surface area contributed by atoms with Crippen LogP contribution in [-0.2, 0) is 17.9 Å². The zero-order valence-corrected chi connectivity index (χ0v) is 16.8. The lowest BCUT2D eigenvalue weighted by molar-refractivity contribution is -0.192. The molecule has 0 atom stereocenters. The van der Waals surface area contributed by atoms with Crippen LogP contribution in [0.2, 0.25) is 0 Å². The predicted octanol–water partition coefficient (Wildman–Crippen LogP) is 2.68. The van der Waals surface area contributed by atoms with E-state index in [1.807, 2.05) is 35.8 Å². The molecule has 0 saturated carbocycles. The van der Waals surface area contributed by atoms with Gasteiger partial charge in [0.25, 0.3) is 0 Å². The zero-order chi connectivity index (χ0) is 22.7. The van der Waals surface area contributed by atoms with E-state index in [4.69, 9.17) is 20.6 Å². The van der Waals surface area contributed by atoms with Crippen molar-refractivity contribution in [2.24, 2.45) is 0 Å². The van der Waals surface area contributed by atoms with Crippen molar-refractivity contribution in [1.82, 2.24) is 19.9 Å². The number of benzene rings is 1. The number of nitrogens with zero attached hydrogens (tertiary/aromatic N) is 3. The normalized spacial score (nSPS) is 12.1. The first-order valence-electron chi connectivity index (χ1n) is 9.11. The molecule has 2 heterocycles. The predicted molar refractivity (Wildman–Crippen MR) is 107 cm³/mol. The fourth-order valence-electron chi connectivity index (χ4n) is 2.83. The molecule has 0 aliphatic carbocycles. The largest absolute Gasteiger partial charge is 0.490 e. The van der Waals surface area contributed by atoms with Crippen LogP contribution in [0, 0.1) is 0 Å². The number of aliphatic carboxylic acids is 1. The summed E-state index contributed by atoms with van der Waals surface area (Å²) >= 11 is 0. The first kappa shape index (κ1) is 23.4. The molecule has 0 spiro atoms. The van der Waals surface area contributed by atoms with Crippen molar-refractivity contribution in [3.63, 3.8) is 0 Å². The number of alkyl halides is 3. The Kier molecular flexibility index (Phi) is 6.88. The van der Waals surface area contributed by atoms with Crippen LogP contribution in [0.1, 0.15) is 26.6 Å². The molecule has 0 aliphatic rings. The number of aliphatic hydroxyl groups is 1. The number of imidazole rings is 1. The van der Waals surface area contributed by atoms with E-state index < -0.39 is 17.7 Å². The van der Waals surface area contributed by atoms with E-state index in [9.17, 15) is 18.3 Å². The van der Waals surface area contributed by atoms with Gasteiger partial charge in [0.05, 0.1) is 24.2 Å². The van der Waals surface area contributed by atoms with Gasteiger partial charge in [-0.1, -0.05) is 25.1 Å². The van der Waals surface area contributed by atoms with Crippen LogP contribution < -0.4 is 11.1 Å². The number of nitrogen functional groups attached to an aromatic ring is 1. The second kappa shape index (κ2) is 8.84. The number of aromatic nitrogens is 3. The van der Waals surface area contributed by atoms with Crippen molar-refractivity contribution >= 4 is 33.7 Å². The first-order chi connectivity index (χ1) is 13.8. The number of carbonyl (C=O) groups is 1. The van der Waals surface area contributed by atoms with Gasteiger partial charge in [-0.2, -0.15) is 13.2 Å². The van der Waals surface area contributed by atoms with Crippen LogP contribution in [0.5, 0.6) is 0 Å². The van der Waals surface area contributed by atoms with Gasteiger partial charge in [-0.05, 0) is 26.5 Å². The second-order valence-corrected chi connectivity index (χ2v) is 7.22. The number of carboxylic acid groups (broad SMARTS) is 1. The molecule has 1 aromatic carbocycles. The summed E-state index contributed by atoms with van der Waals surface area (Å²) < 4.78 is 33.7. The van der Waals surface area contributed by atoms with E-state index in [1.54, 1.807) is 13.8 Å². The number of halogens is 3. The Morgan fingerprint density at radius 2 is 1.83 bits per heavy atom. The number of hydrogen-bond acceptors (Lipinski definition) is 6. The summed E-state index contributed by atoms with van der Waals surface area (Å²) in [6.45, 7) is 7.49. The standard InChI is InChI=1S/C17H23N5O.C2HF3O2/c1-4-19-9-13-21-14-11-7-5-6-8-12(11)20-16(18)15(14)22(13)10-17(2,3)23;3-2(4,5)1(6)7/h5-8,19,23H,4,9-10H2,1-3H3,(H2,18,20);(H,6,7). The molecule has 0 fully saturated rings. The zero-order valence-electron chi connectivity index (χ0n) is 16.8. The molecule has 8 nitrogen and oxygen atoms in total. The Bertz CT molecular complexity index is 1040. The van der Waals surface area contributed by atoms with Crippen LogP contribution in [0.15, 0.2) is 24.3 Å². The SMILES string of the molecule is CCNCc1nc2c3ccccc3nc(N)c2n1CC(C)(C)O.O=C(O)C(F)(F)F. The molecule has 11 heteroatoms. The van der Waals surface area contributed by atoms with E-state index in [1.165, 1.54) is 0 Å². The number of rotatable bonds is 5. The molecule has 5 N–H and O–H groups in total. The average molecular weight is 427 g/mol. The summed E-state index contributed by atoms with van der Waals surface area (Å²) in [7, 11) is 0. The van der Waals surface area contributed by atoms with Gasteiger partial charge in [0.15, 0.2) is 0 Å². The minimum atomic E-state index is -5.08. The summed E-state index contributed by atoms with van der Waals surface area (Å²) in [6, 6.07) is 7.85. The molecule has 0 aliphatic heterocycles. The van der Waals surface area contributed by atoms with E-state index >= 15 is 0 Å². The van der Waals surface area contributed by atoms with Gasteiger partial charge in [-0.3, -0.25) is 0 Å². The lowest BCUT2D eigenvalue weighted by atomic mass is 10.1. The van der Waals surface area contributed by atoms with Gasteiger partial charge in [0, 0.05) is 5.39 Å². The number of anilines is 1. The van der Waals surface area contributed by atoms with Gasteiger partial charge in [0.2, 0.25) is 0 Å². The molecule has 0 unspecified atom stereocenters. The molecule has 3 rings (SSSR count). The summed E-state index contributed by atoms with van der Waals surface area (Å²) in [5, 5.41) is 21.7. The molecule has 3 aromatic rings. The van der Waals surface area contributed by atoms with Gasteiger partial charge < -0.3 is 25.8 Å². The molecule has 2 aromatic heterocycles. The maximum absolute atomic E-state index is 10.6. The second-order valence-electron chi connectivity index (χ2n) is 7.22. The summed E-state index contributed by atoms with van der Waals surface area (Å²) in [4.78, 5) is 18.2. The number of pyridine rings is 1. The van der Waals surface area contributed by atoms with E-state index in [2.05, 4.69) is 10.3 Å². The van der Waals surface area contributed by atoms with Crippen LogP contribution in [-0.4, -0.2) is 49.0 Å². The summed E-state index contributed by atoms with van der Waals surface area (Å²) in [5.41, 5.74) is 7.80. The van der Waals surface area contributed by atoms with E-state index in [0.29, 0.717) is 18.9 Å². The highest BCUT2D eigenvalue weighted by Gasteiger charge is 2.38. The fourth-order valence-corrected chi connectivity index (χ4v) is 2.83. The number of hydrogen-bond donors (Lipinski definition) is 4. The summed E-state index contributed by atoms with van der Waals surface area (Å²) in [5.74, 6) is -1.46. The Labute approximate surface area is 170 Å². The highest BCUT2D eigenvalue weighted by atomic mass is 19.4. The number of nitrogens with two attached hydrogens (primary N) is 1. The molecule has 0 saturated heterocycles. The monoisotopic (exact) mass is 427 g/mol. The average Bonchev–Trinajstić information content (AvgIpc) is 2.97. The molecular formula is C19H24F3N5O3. The van der Waals surface area contributed by atoms with Gasteiger partial charge >= 0.3 is 12.1 Å².